The molecule has 5 rings (SSSR count). The van der Waals surface area contributed by atoms with Gasteiger partial charge < -0.3 is 14.2 Å². The second-order valence-electron chi connectivity index (χ2n) is 9.14. The number of nitrogens with zero attached hydrogens (tertiary/aromatic N) is 8. The number of hydrogen-bond donors (Lipinski definition) is 0. The number of aromatic nitrogens is 6. The lowest BCUT2D eigenvalue weighted by Crippen LogP contribution is -2.45. The van der Waals surface area contributed by atoms with Gasteiger partial charge in [0.15, 0.2) is 5.82 Å². The Morgan fingerprint density at radius 1 is 1.29 bits per heavy atom. The number of amides is 1. The average molecular weight is 461 g/mol. The summed E-state index contributed by atoms with van der Waals surface area (Å²) in [5, 5.41) is 22.3. The normalized spacial score (nSPS) is 19.0. The Balaban J connectivity index is 1.66. The van der Waals surface area contributed by atoms with Crippen LogP contribution in [-0.2, 0) is 26.4 Å². The second kappa shape index (κ2) is 8.24. The third kappa shape index (κ3) is 3.34. The van der Waals surface area contributed by atoms with Gasteiger partial charge in [0.25, 0.3) is 5.91 Å². The van der Waals surface area contributed by atoms with Crippen LogP contribution in [0.2, 0.25) is 0 Å². The van der Waals surface area contributed by atoms with E-state index in [4.69, 9.17) is 9.72 Å². The van der Waals surface area contributed by atoms with Crippen LogP contribution in [0.25, 0.3) is 22.6 Å². The highest BCUT2D eigenvalue weighted by Crippen LogP contribution is 2.41. The number of rotatable bonds is 5. The van der Waals surface area contributed by atoms with Crippen molar-refractivity contribution in [1.82, 2.24) is 34.7 Å². The van der Waals surface area contributed by atoms with Crippen molar-refractivity contribution in [3.8, 4) is 34.5 Å². The van der Waals surface area contributed by atoms with Crippen molar-refractivity contribution in [3.63, 3.8) is 0 Å². The standard InChI is InChI=1S/C24H28N8O2/c1-5-7-18-20-16-13-17(21-27-29-30(3)28-21)19(34-4)12-15(16)8-11-31(20)22(26-18)23(33)32-10-6-9-24(32,2)14-25/h12-13H,5-11H2,1-4H3/t24-/m1/s1. The summed E-state index contributed by atoms with van der Waals surface area (Å²) in [4.78, 5) is 21.6. The maximum absolute atomic E-state index is 13.7. The number of hydrogen-bond acceptors (Lipinski definition) is 7. The molecule has 10 heteroatoms. The molecule has 1 fully saturated rings. The molecule has 2 aliphatic heterocycles. The first kappa shape index (κ1) is 22.1. The molecular weight excluding hydrogens is 432 g/mol. The van der Waals surface area contributed by atoms with E-state index in [1.54, 1.807) is 19.1 Å². The number of ether oxygens (including phenoxy) is 1. The van der Waals surface area contributed by atoms with Gasteiger partial charge in [-0.2, -0.15) is 10.1 Å². The first-order valence-electron chi connectivity index (χ1n) is 11.7. The monoisotopic (exact) mass is 460 g/mol. The number of benzene rings is 1. The van der Waals surface area contributed by atoms with Gasteiger partial charge in [-0.15, -0.1) is 10.2 Å². The highest BCUT2D eigenvalue weighted by atomic mass is 16.5. The summed E-state index contributed by atoms with van der Waals surface area (Å²) < 4.78 is 7.69. The van der Waals surface area contributed by atoms with Crippen molar-refractivity contribution in [2.45, 2.75) is 58.0 Å². The Morgan fingerprint density at radius 2 is 2.12 bits per heavy atom. The summed E-state index contributed by atoms with van der Waals surface area (Å²) in [6, 6.07) is 6.40. The Hall–Kier alpha value is -3.74. The summed E-state index contributed by atoms with van der Waals surface area (Å²) in [6.07, 6.45) is 3.90. The summed E-state index contributed by atoms with van der Waals surface area (Å²) >= 11 is 0. The number of carbonyl (C=O) groups excluding carboxylic acids is 1. The van der Waals surface area contributed by atoms with Gasteiger partial charge in [-0.1, -0.05) is 13.3 Å². The molecule has 0 spiro atoms. The third-order valence-electron chi connectivity index (χ3n) is 6.88. The van der Waals surface area contributed by atoms with Crippen molar-refractivity contribution in [2.24, 2.45) is 7.05 Å². The van der Waals surface area contributed by atoms with Crippen molar-refractivity contribution in [2.75, 3.05) is 13.7 Å². The van der Waals surface area contributed by atoms with E-state index in [1.165, 1.54) is 4.80 Å². The highest BCUT2D eigenvalue weighted by molar-refractivity contribution is 5.94. The van der Waals surface area contributed by atoms with E-state index in [0.29, 0.717) is 36.9 Å². The van der Waals surface area contributed by atoms with E-state index >= 15 is 0 Å². The van der Waals surface area contributed by atoms with Crippen LogP contribution in [0.1, 0.15) is 55.0 Å². The minimum Gasteiger partial charge on any atom is -0.496 e. The van der Waals surface area contributed by atoms with Gasteiger partial charge in [0.1, 0.15) is 11.3 Å². The molecule has 10 nitrogen and oxygen atoms in total. The van der Waals surface area contributed by atoms with Crippen LogP contribution in [0.3, 0.4) is 0 Å². The molecule has 1 aromatic carbocycles. The fourth-order valence-electron chi connectivity index (χ4n) is 5.14. The van der Waals surface area contributed by atoms with E-state index in [-0.39, 0.29) is 5.91 Å². The molecule has 0 saturated carbocycles. The van der Waals surface area contributed by atoms with Gasteiger partial charge in [-0.3, -0.25) is 4.79 Å². The molecule has 0 aliphatic carbocycles. The van der Waals surface area contributed by atoms with Crippen molar-refractivity contribution < 1.29 is 9.53 Å². The fraction of sp³-hybridized carbons (Fsp3) is 0.500. The number of tetrazole rings is 1. The number of likely N-dealkylation sites (tertiary alicyclic amines) is 1. The van der Waals surface area contributed by atoms with Gasteiger partial charge in [0.05, 0.1) is 37.2 Å². The molecular formula is C24H28N8O2. The molecule has 1 atom stereocenters. The molecule has 2 aliphatic rings. The molecule has 0 N–H and O–H groups in total. The zero-order valence-corrected chi connectivity index (χ0v) is 20.0. The molecule has 4 heterocycles. The molecule has 0 bridgehead atoms. The quantitative estimate of drug-likeness (QED) is 0.575. The summed E-state index contributed by atoms with van der Waals surface area (Å²) in [5.74, 6) is 1.42. The Labute approximate surface area is 198 Å². The van der Waals surface area contributed by atoms with Gasteiger partial charge in [0.2, 0.25) is 5.82 Å². The van der Waals surface area contributed by atoms with Gasteiger partial charge in [-0.05, 0) is 55.5 Å². The van der Waals surface area contributed by atoms with Crippen LogP contribution in [0, 0.1) is 11.3 Å². The van der Waals surface area contributed by atoms with Crippen molar-refractivity contribution in [1.29, 1.82) is 5.26 Å². The minimum absolute atomic E-state index is 0.169. The maximum atomic E-state index is 13.7. The molecule has 3 aromatic rings. The Kier molecular flexibility index (Phi) is 5.35. The zero-order chi connectivity index (χ0) is 24.0. The molecule has 0 unspecified atom stereocenters. The van der Waals surface area contributed by atoms with E-state index in [0.717, 1.165) is 53.8 Å². The second-order valence-corrected chi connectivity index (χ2v) is 9.14. The SMILES string of the molecule is CCCc1nc(C(=O)N2CCC[C@]2(C)C#N)n2c1-c1cc(-c3nnn(C)n3)c(OC)cc1CC2. The lowest BCUT2D eigenvalue weighted by molar-refractivity contribution is 0.0675. The maximum Gasteiger partial charge on any atom is 0.291 e. The van der Waals surface area contributed by atoms with E-state index in [9.17, 15) is 10.1 Å². The third-order valence-corrected chi connectivity index (χ3v) is 6.88. The Morgan fingerprint density at radius 3 is 2.79 bits per heavy atom. The molecule has 1 saturated heterocycles. The van der Waals surface area contributed by atoms with Crippen molar-refractivity contribution in [3.05, 3.63) is 29.2 Å². The van der Waals surface area contributed by atoms with Crippen LogP contribution in [0.5, 0.6) is 5.75 Å². The molecule has 2 aromatic heterocycles. The van der Waals surface area contributed by atoms with Crippen LogP contribution < -0.4 is 4.74 Å². The number of nitriles is 1. The topological polar surface area (TPSA) is 115 Å². The number of fused-ring (bicyclic) bond motifs is 3. The predicted octanol–water partition coefficient (Wildman–Crippen LogP) is 2.78. The highest BCUT2D eigenvalue weighted by Gasteiger charge is 2.42. The summed E-state index contributed by atoms with van der Waals surface area (Å²) in [6.45, 7) is 5.16. The predicted molar refractivity (Wildman–Crippen MR) is 124 cm³/mol. The molecule has 1 amide bonds. The molecule has 34 heavy (non-hydrogen) atoms. The zero-order valence-electron chi connectivity index (χ0n) is 20.0. The van der Waals surface area contributed by atoms with E-state index < -0.39 is 5.54 Å². The summed E-state index contributed by atoms with van der Waals surface area (Å²) in [7, 11) is 3.36. The first-order valence-corrected chi connectivity index (χ1v) is 11.7. The largest absolute Gasteiger partial charge is 0.496 e. The summed E-state index contributed by atoms with van der Waals surface area (Å²) in [5.41, 5.74) is 3.95. The van der Waals surface area contributed by atoms with E-state index in [1.807, 2.05) is 23.6 Å². The molecule has 176 valence electrons. The smallest absolute Gasteiger partial charge is 0.291 e. The fourth-order valence-corrected chi connectivity index (χ4v) is 5.14. The van der Waals surface area contributed by atoms with Crippen LogP contribution in [0.15, 0.2) is 12.1 Å². The minimum atomic E-state index is -0.793. The molecule has 0 radical (unpaired) electrons. The number of methoxy groups -OCH3 is 1. The van der Waals surface area contributed by atoms with Gasteiger partial charge >= 0.3 is 0 Å². The first-order chi connectivity index (χ1) is 16.4. The number of imidazole rings is 1. The average Bonchev–Trinajstić information content (AvgIpc) is 3.55. The van der Waals surface area contributed by atoms with E-state index in [2.05, 4.69) is 28.4 Å². The van der Waals surface area contributed by atoms with Gasteiger partial charge in [0, 0.05) is 18.7 Å². The number of carbonyl (C=O) groups is 1. The van der Waals surface area contributed by atoms with Crippen LogP contribution in [0.4, 0.5) is 0 Å². The van der Waals surface area contributed by atoms with Crippen molar-refractivity contribution >= 4 is 5.91 Å². The Bertz CT molecular complexity index is 1320. The van der Waals surface area contributed by atoms with Crippen LogP contribution in [-0.4, -0.2) is 59.8 Å². The van der Waals surface area contributed by atoms with Crippen LogP contribution >= 0.6 is 0 Å². The lowest BCUT2D eigenvalue weighted by atomic mass is 9.93. The van der Waals surface area contributed by atoms with Gasteiger partial charge in [-0.25, -0.2) is 4.98 Å². The lowest BCUT2D eigenvalue weighted by Gasteiger charge is -2.29. The number of aryl methyl sites for hydroxylation is 3.